The Morgan fingerprint density at radius 3 is 2.33 bits per heavy atom. The number of fused-ring (bicyclic) bond motifs is 3. The van der Waals surface area contributed by atoms with Gasteiger partial charge in [0, 0.05) is 22.8 Å². The van der Waals surface area contributed by atoms with Crippen molar-refractivity contribution in [3.8, 4) is 5.69 Å². The summed E-state index contributed by atoms with van der Waals surface area (Å²) in [6.07, 6.45) is -2.67. The average Bonchev–Trinajstić information content (AvgIpc) is 3.40. The van der Waals surface area contributed by atoms with Gasteiger partial charge in [0.25, 0.3) is 5.91 Å². The van der Waals surface area contributed by atoms with E-state index in [-0.39, 0.29) is 18.0 Å². The van der Waals surface area contributed by atoms with Gasteiger partial charge in [-0.2, -0.15) is 13.2 Å². The maximum Gasteiger partial charge on any atom is 0.416 e. The van der Waals surface area contributed by atoms with Crippen LogP contribution in [0.3, 0.4) is 0 Å². The zero-order valence-corrected chi connectivity index (χ0v) is 21.9. The molecule has 3 aromatic carbocycles. The van der Waals surface area contributed by atoms with Crippen molar-refractivity contribution in [3.63, 3.8) is 0 Å². The molecule has 0 fully saturated rings. The van der Waals surface area contributed by atoms with Crippen molar-refractivity contribution in [3.05, 3.63) is 119 Å². The van der Waals surface area contributed by atoms with Crippen molar-refractivity contribution in [1.29, 1.82) is 0 Å². The van der Waals surface area contributed by atoms with Gasteiger partial charge in [-0.15, -0.1) is 0 Å². The molecule has 1 unspecified atom stereocenters. The first kappa shape index (κ1) is 26.6. The maximum atomic E-state index is 14.1. The molecule has 1 aliphatic rings. The van der Waals surface area contributed by atoms with E-state index in [0.29, 0.717) is 10.7 Å². The minimum Gasteiger partial charge on any atom is -0.327 e. The molecule has 0 saturated heterocycles. The number of hydrogen-bond donors (Lipinski definition) is 0. The third kappa shape index (κ3) is 5.04. The number of halogens is 4. The number of nitrogens with zero attached hydrogens (tertiary/aromatic N) is 3. The Hall–Kier alpha value is -4.04. The van der Waals surface area contributed by atoms with Gasteiger partial charge in [0.2, 0.25) is 5.91 Å². The quantitative estimate of drug-likeness (QED) is 0.265. The summed E-state index contributed by atoms with van der Waals surface area (Å²) in [5.41, 5.74) is 2.01. The van der Waals surface area contributed by atoms with Crippen LogP contribution in [-0.4, -0.2) is 33.9 Å². The molecule has 1 atom stereocenters. The molecule has 1 aliphatic heterocycles. The Bertz CT molecular complexity index is 1550. The van der Waals surface area contributed by atoms with Crippen LogP contribution in [0.2, 0.25) is 5.02 Å². The lowest BCUT2D eigenvalue weighted by atomic mass is 9.97. The molecule has 0 bridgehead atoms. The van der Waals surface area contributed by atoms with E-state index in [9.17, 15) is 22.8 Å². The molecule has 2 amide bonds. The van der Waals surface area contributed by atoms with Crippen LogP contribution in [0.1, 0.15) is 47.1 Å². The van der Waals surface area contributed by atoms with Crippen LogP contribution < -0.4 is 4.90 Å². The average molecular weight is 552 g/mol. The highest BCUT2D eigenvalue weighted by atomic mass is 35.5. The van der Waals surface area contributed by atoms with Crippen LogP contribution in [0.25, 0.3) is 5.69 Å². The molecule has 9 heteroatoms. The molecule has 5 rings (SSSR count). The molecule has 1 aromatic heterocycles. The van der Waals surface area contributed by atoms with Crippen molar-refractivity contribution in [2.45, 2.75) is 32.1 Å². The van der Waals surface area contributed by atoms with Crippen molar-refractivity contribution in [2.24, 2.45) is 0 Å². The molecule has 0 spiro atoms. The fourth-order valence-electron chi connectivity index (χ4n) is 4.96. The van der Waals surface area contributed by atoms with Gasteiger partial charge in [-0.05, 0) is 74.0 Å². The highest BCUT2D eigenvalue weighted by molar-refractivity contribution is 6.30. The zero-order valence-electron chi connectivity index (χ0n) is 21.2. The summed E-state index contributed by atoms with van der Waals surface area (Å²) in [5.74, 6) is -1.04. The number of amides is 2. The van der Waals surface area contributed by atoms with Gasteiger partial charge in [-0.25, -0.2) is 0 Å². The Kier molecular flexibility index (Phi) is 6.99. The molecule has 0 radical (unpaired) electrons. The number of carbonyl (C=O) groups excluding carboxylic acids is 2. The first-order valence-corrected chi connectivity index (χ1v) is 12.8. The lowest BCUT2D eigenvalue weighted by molar-refractivity contribution is -0.137. The van der Waals surface area contributed by atoms with Crippen molar-refractivity contribution < 1.29 is 22.8 Å². The van der Waals surface area contributed by atoms with E-state index in [2.05, 4.69) is 0 Å². The van der Waals surface area contributed by atoms with Gasteiger partial charge in [0.05, 0.1) is 22.6 Å². The Balaban J connectivity index is 1.55. The Morgan fingerprint density at radius 2 is 1.64 bits per heavy atom. The molecule has 2 heterocycles. The predicted octanol–water partition coefficient (Wildman–Crippen LogP) is 7.14. The van der Waals surface area contributed by atoms with Gasteiger partial charge in [0.1, 0.15) is 12.6 Å². The fraction of sp³-hybridized carbons (Fsp3) is 0.200. The molecule has 39 heavy (non-hydrogen) atoms. The van der Waals surface area contributed by atoms with E-state index < -0.39 is 29.7 Å². The molecule has 0 saturated carbocycles. The minimum absolute atomic E-state index is 0.134. The van der Waals surface area contributed by atoms with Crippen LogP contribution >= 0.6 is 11.6 Å². The van der Waals surface area contributed by atoms with E-state index in [0.717, 1.165) is 29.1 Å². The second-order valence-corrected chi connectivity index (χ2v) is 10.1. The SMILES string of the molecule is CC(C)N(CC(=O)N1c2ccccc2-n2cccc2C1c1cccc(Cl)c1)C(=O)c1cccc(C(F)(F)F)c1. The summed E-state index contributed by atoms with van der Waals surface area (Å²) in [7, 11) is 0. The van der Waals surface area contributed by atoms with Crippen LogP contribution in [0.15, 0.2) is 91.1 Å². The van der Waals surface area contributed by atoms with E-state index in [1.54, 1.807) is 30.9 Å². The number of anilines is 1. The normalized spacial score (nSPS) is 14.6. The van der Waals surface area contributed by atoms with Gasteiger partial charge in [-0.1, -0.05) is 41.9 Å². The van der Waals surface area contributed by atoms with Crippen molar-refractivity contribution >= 4 is 29.1 Å². The molecule has 5 nitrogen and oxygen atoms in total. The van der Waals surface area contributed by atoms with Gasteiger partial charge >= 0.3 is 6.18 Å². The second kappa shape index (κ2) is 10.3. The monoisotopic (exact) mass is 551 g/mol. The Morgan fingerprint density at radius 1 is 0.923 bits per heavy atom. The number of hydrogen-bond acceptors (Lipinski definition) is 2. The lowest BCUT2D eigenvalue weighted by Gasteiger charge is -2.40. The van der Waals surface area contributed by atoms with Crippen molar-refractivity contribution in [1.82, 2.24) is 9.47 Å². The van der Waals surface area contributed by atoms with E-state index >= 15 is 0 Å². The summed E-state index contributed by atoms with van der Waals surface area (Å²) in [5, 5.41) is 0.514. The summed E-state index contributed by atoms with van der Waals surface area (Å²) in [6.45, 7) is 3.12. The molecule has 0 aliphatic carbocycles. The number of aromatic nitrogens is 1. The topological polar surface area (TPSA) is 45.6 Å². The molecule has 0 N–H and O–H groups in total. The maximum absolute atomic E-state index is 14.1. The Labute approximate surface area is 229 Å². The molecular weight excluding hydrogens is 527 g/mol. The van der Waals surface area contributed by atoms with Gasteiger partial charge < -0.3 is 9.47 Å². The van der Waals surface area contributed by atoms with Crippen molar-refractivity contribution in [2.75, 3.05) is 11.4 Å². The third-order valence-electron chi connectivity index (χ3n) is 6.78. The van der Waals surface area contributed by atoms with Crippen LogP contribution in [-0.2, 0) is 11.0 Å². The second-order valence-electron chi connectivity index (χ2n) is 9.62. The van der Waals surface area contributed by atoms with Gasteiger partial charge in [-0.3, -0.25) is 14.5 Å². The highest BCUT2D eigenvalue weighted by Gasteiger charge is 2.38. The number of para-hydroxylation sites is 2. The minimum atomic E-state index is -4.59. The van der Waals surface area contributed by atoms with E-state index in [4.69, 9.17) is 11.6 Å². The van der Waals surface area contributed by atoms with E-state index in [1.165, 1.54) is 17.0 Å². The summed E-state index contributed by atoms with van der Waals surface area (Å²) in [4.78, 5) is 30.5. The van der Waals surface area contributed by atoms with Gasteiger partial charge in [0.15, 0.2) is 0 Å². The predicted molar refractivity (Wildman–Crippen MR) is 144 cm³/mol. The van der Waals surface area contributed by atoms with Crippen LogP contribution in [0.4, 0.5) is 18.9 Å². The highest BCUT2D eigenvalue weighted by Crippen LogP contribution is 2.42. The molecular formula is C30H25ClF3N3O2. The summed E-state index contributed by atoms with van der Waals surface area (Å²) in [6, 6.07) is 21.8. The third-order valence-corrected chi connectivity index (χ3v) is 7.01. The number of rotatable bonds is 5. The fourth-order valence-corrected chi connectivity index (χ4v) is 5.16. The van der Waals surface area contributed by atoms with Crippen LogP contribution in [0, 0.1) is 0 Å². The smallest absolute Gasteiger partial charge is 0.327 e. The molecule has 200 valence electrons. The number of alkyl halides is 3. The summed E-state index contributed by atoms with van der Waals surface area (Å²) >= 11 is 6.33. The van der Waals surface area contributed by atoms with E-state index in [1.807, 2.05) is 59.3 Å². The largest absolute Gasteiger partial charge is 0.416 e. The molecule has 4 aromatic rings. The zero-order chi connectivity index (χ0) is 27.9. The summed E-state index contributed by atoms with van der Waals surface area (Å²) < 4.78 is 42.0. The first-order valence-electron chi connectivity index (χ1n) is 12.4. The standard InChI is InChI=1S/C30H25ClF3N3O2/c1-19(2)36(29(39)21-9-5-10-22(16-21)30(32,33)34)18-27(38)37-25-13-4-3-12-24(25)35-15-7-14-26(35)28(37)20-8-6-11-23(31)17-20/h3-17,19,28H,18H2,1-2H3. The number of carbonyl (C=O) groups is 2. The van der Waals surface area contributed by atoms with Crippen LogP contribution in [0.5, 0.6) is 0 Å². The first-order chi connectivity index (χ1) is 18.6. The number of benzene rings is 3. The lowest BCUT2D eigenvalue weighted by Crippen LogP contribution is -2.48.